The Bertz CT molecular complexity index is 1320. The number of piperazine rings is 1. The van der Waals surface area contributed by atoms with Crippen LogP contribution in [-0.2, 0) is 19.4 Å². The third-order valence-corrected chi connectivity index (χ3v) is 6.93. The fourth-order valence-corrected chi connectivity index (χ4v) is 4.70. The Morgan fingerprint density at radius 2 is 1.89 bits per heavy atom. The molecule has 2 heterocycles. The summed E-state index contributed by atoms with van der Waals surface area (Å²) in [4.78, 5) is 25.1. The van der Waals surface area contributed by atoms with Crippen molar-refractivity contribution in [3.63, 3.8) is 0 Å². The van der Waals surface area contributed by atoms with Crippen LogP contribution in [0.25, 0.3) is 0 Å². The van der Waals surface area contributed by atoms with Crippen LogP contribution in [0.2, 0.25) is 0 Å². The minimum atomic E-state index is -4.78. The van der Waals surface area contributed by atoms with E-state index < -0.39 is 35.6 Å². The molecule has 1 aromatic heterocycles. The van der Waals surface area contributed by atoms with Gasteiger partial charge in [-0.3, -0.25) is 4.79 Å². The van der Waals surface area contributed by atoms with Crippen LogP contribution in [0.5, 0.6) is 5.88 Å². The minimum Gasteiger partial charge on any atom is -0.472 e. The molecule has 2 aromatic carbocycles. The summed E-state index contributed by atoms with van der Waals surface area (Å²) >= 11 is 0.937. The van der Waals surface area contributed by atoms with E-state index in [2.05, 4.69) is 14.9 Å². The third-order valence-electron chi connectivity index (χ3n) is 5.94. The summed E-state index contributed by atoms with van der Waals surface area (Å²) in [6.07, 6.45) is -3.31. The molecule has 0 bridgehead atoms. The first kappa shape index (κ1) is 27.6. The molecule has 0 spiro atoms. The zero-order valence-corrected chi connectivity index (χ0v) is 21.2. The highest BCUT2D eigenvalue weighted by atomic mass is 32.2. The number of rotatable bonds is 8. The highest BCUT2D eigenvalue weighted by molar-refractivity contribution is 7.99. The number of nitrogens with two attached hydrogens (primary N) is 1. The summed E-state index contributed by atoms with van der Waals surface area (Å²) in [5.74, 6) is -1.19. The van der Waals surface area contributed by atoms with E-state index >= 15 is 0 Å². The Kier molecular flexibility index (Phi) is 8.38. The van der Waals surface area contributed by atoms with Crippen LogP contribution in [0.1, 0.15) is 27.0 Å². The van der Waals surface area contributed by atoms with Gasteiger partial charge in [0.05, 0.1) is 28.8 Å². The average Bonchev–Trinajstić information content (AvgIpc) is 2.88. The number of hydrogen-bond acceptors (Lipinski definition) is 8. The summed E-state index contributed by atoms with van der Waals surface area (Å²) < 4.78 is 60.4. The topological polar surface area (TPSA) is 105 Å². The van der Waals surface area contributed by atoms with E-state index in [1.807, 2.05) is 11.9 Å². The van der Waals surface area contributed by atoms with Crippen molar-refractivity contribution in [1.29, 1.82) is 0 Å². The molecule has 38 heavy (non-hydrogen) atoms. The van der Waals surface area contributed by atoms with Crippen molar-refractivity contribution in [2.45, 2.75) is 29.2 Å². The molecule has 1 fully saturated rings. The maximum atomic E-state index is 13.8. The molecule has 8 nitrogen and oxygen atoms in total. The molecule has 4 rings (SSSR count). The molecule has 13 heteroatoms. The second kappa shape index (κ2) is 11.5. The fourth-order valence-electron chi connectivity index (χ4n) is 3.83. The van der Waals surface area contributed by atoms with Crippen LogP contribution in [0.4, 0.5) is 23.5 Å². The second-order valence-electron chi connectivity index (χ2n) is 8.67. The molecule has 3 aromatic rings. The lowest BCUT2D eigenvalue weighted by Gasteiger charge is -2.32. The van der Waals surface area contributed by atoms with Crippen molar-refractivity contribution in [3.05, 3.63) is 70.7 Å². The van der Waals surface area contributed by atoms with Gasteiger partial charge in [0.2, 0.25) is 17.7 Å². The molecular formula is C25H25F4N5O3S. The molecule has 0 atom stereocenters. The van der Waals surface area contributed by atoms with E-state index in [0.717, 1.165) is 37.0 Å². The Hall–Kier alpha value is -3.42. The van der Waals surface area contributed by atoms with Crippen LogP contribution in [0.3, 0.4) is 0 Å². The summed E-state index contributed by atoms with van der Waals surface area (Å²) in [6.45, 7) is 2.47. The van der Waals surface area contributed by atoms with Gasteiger partial charge < -0.3 is 25.4 Å². The number of aliphatic hydroxyl groups is 1. The van der Waals surface area contributed by atoms with Gasteiger partial charge in [-0.2, -0.15) is 18.2 Å². The molecule has 0 unspecified atom stereocenters. The molecule has 202 valence electrons. The summed E-state index contributed by atoms with van der Waals surface area (Å²) in [6, 6.07) is 7.41. The quantitative estimate of drug-likeness (QED) is 0.409. The molecule has 1 amide bonds. The highest BCUT2D eigenvalue weighted by Crippen LogP contribution is 2.39. The van der Waals surface area contributed by atoms with Gasteiger partial charge in [-0.15, -0.1) is 0 Å². The molecule has 1 aliphatic rings. The number of halogens is 4. The first-order valence-corrected chi connectivity index (χ1v) is 12.4. The molecular weight excluding hydrogens is 526 g/mol. The van der Waals surface area contributed by atoms with Gasteiger partial charge in [0, 0.05) is 36.6 Å². The van der Waals surface area contributed by atoms with Crippen LogP contribution < -0.4 is 15.4 Å². The van der Waals surface area contributed by atoms with Gasteiger partial charge in [-0.25, -0.2) is 9.37 Å². The molecule has 0 radical (unpaired) electrons. The van der Waals surface area contributed by atoms with Crippen molar-refractivity contribution in [2.24, 2.45) is 5.73 Å². The number of primary amides is 1. The normalized spacial score (nSPS) is 14.5. The number of likely N-dealkylation sites (N-methyl/N-ethyl adjacent to an activating group) is 1. The average molecular weight is 552 g/mol. The van der Waals surface area contributed by atoms with Crippen LogP contribution in [0, 0.1) is 5.82 Å². The lowest BCUT2D eigenvalue weighted by Crippen LogP contribution is -2.45. The molecule has 1 aliphatic heterocycles. The van der Waals surface area contributed by atoms with Crippen LogP contribution >= 0.6 is 11.8 Å². The predicted octanol–water partition coefficient (Wildman–Crippen LogP) is 3.71. The Labute approximate surface area is 220 Å². The molecule has 3 N–H and O–H groups in total. The number of ether oxygens (including phenoxy) is 1. The molecule has 0 saturated carbocycles. The lowest BCUT2D eigenvalue weighted by molar-refractivity contribution is -0.138. The third kappa shape index (κ3) is 6.52. The lowest BCUT2D eigenvalue weighted by atomic mass is 10.1. The molecule has 1 saturated heterocycles. The van der Waals surface area contributed by atoms with Gasteiger partial charge in [0.1, 0.15) is 12.4 Å². The highest BCUT2D eigenvalue weighted by Gasteiger charge is 2.35. The van der Waals surface area contributed by atoms with E-state index in [0.29, 0.717) is 29.5 Å². The predicted molar refractivity (Wildman–Crippen MR) is 132 cm³/mol. The number of amides is 1. The van der Waals surface area contributed by atoms with Gasteiger partial charge in [0.25, 0.3) is 0 Å². The fraction of sp³-hybridized carbons (Fsp3) is 0.320. The summed E-state index contributed by atoms with van der Waals surface area (Å²) in [5.41, 5.74) is 4.03. The van der Waals surface area contributed by atoms with E-state index in [9.17, 15) is 27.5 Å². The number of aliphatic hydroxyl groups excluding tert-OH is 1. The number of carbonyl (C=O) groups excluding carboxylic acids is 1. The largest absolute Gasteiger partial charge is 0.472 e. The Balaban J connectivity index is 1.65. The van der Waals surface area contributed by atoms with Crippen molar-refractivity contribution < 1.29 is 32.2 Å². The smallest absolute Gasteiger partial charge is 0.417 e. The number of nitrogens with zero attached hydrogens (tertiary/aromatic N) is 4. The summed E-state index contributed by atoms with van der Waals surface area (Å²) in [5, 5.41) is 9.35. The maximum absolute atomic E-state index is 13.8. The van der Waals surface area contributed by atoms with E-state index in [1.54, 1.807) is 0 Å². The Morgan fingerprint density at radius 3 is 2.55 bits per heavy atom. The number of alkyl halides is 3. The van der Waals surface area contributed by atoms with E-state index in [1.165, 1.54) is 30.5 Å². The number of anilines is 1. The monoisotopic (exact) mass is 551 g/mol. The number of aromatic nitrogens is 2. The van der Waals surface area contributed by atoms with Gasteiger partial charge in [-0.05, 0) is 42.9 Å². The van der Waals surface area contributed by atoms with Crippen molar-refractivity contribution in [1.82, 2.24) is 14.9 Å². The summed E-state index contributed by atoms with van der Waals surface area (Å²) in [7, 11) is 2.01. The maximum Gasteiger partial charge on any atom is 0.417 e. The van der Waals surface area contributed by atoms with Crippen LogP contribution in [-0.4, -0.2) is 59.1 Å². The zero-order chi connectivity index (χ0) is 27.4. The second-order valence-corrected chi connectivity index (χ2v) is 9.79. The number of hydrogen-bond donors (Lipinski definition) is 2. The van der Waals surface area contributed by atoms with Crippen LogP contribution in [0.15, 0.2) is 52.4 Å². The van der Waals surface area contributed by atoms with Crippen molar-refractivity contribution in [3.8, 4) is 5.88 Å². The van der Waals surface area contributed by atoms with E-state index in [4.69, 9.17) is 10.5 Å². The first-order chi connectivity index (χ1) is 18.0. The van der Waals surface area contributed by atoms with Crippen molar-refractivity contribution in [2.75, 3.05) is 38.1 Å². The molecule has 0 aliphatic carbocycles. The zero-order valence-electron chi connectivity index (χ0n) is 20.3. The number of carbonyl (C=O) groups is 1. The van der Waals surface area contributed by atoms with Gasteiger partial charge >= 0.3 is 6.18 Å². The number of benzene rings is 2. The minimum absolute atomic E-state index is 0.0333. The standard InChI is InChI=1S/C25H25F4N5O3S/c1-33-6-8-34(9-7-33)24-31-12-21(23(32-24)37-14-15-2-5-20(26)16(10-15)13-35)38-17-3-4-18(22(30)36)19(11-17)25(27,28)29/h2-5,10-12,35H,6-9,13-14H2,1H3,(H2,30,36). The van der Waals surface area contributed by atoms with Gasteiger partial charge in [0.15, 0.2) is 0 Å². The first-order valence-electron chi connectivity index (χ1n) is 11.6. The Morgan fingerprint density at radius 1 is 1.16 bits per heavy atom. The van der Waals surface area contributed by atoms with Gasteiger partial charge in [-0.1, -0.05) is 17.8 Å². The van der Waals surface area contributed by atoms with E-state index in [-0.39, 0.29) is 22.9 Å². The van der Waals surface area contributed by atoms with Crippen molar-refractivity contribution >= 4 is 23.6 Å². The SMILES string of the molecule is CN1CCN(c2ncc(Sc3ccc(C(N)=O)c(C(F)(F)F)c3)c(OCc3ccc(F)c(CO)c3)n2)CC1.